The highest BCUT2D eigenvalue weighted by atomic mass is 16.5. The number of nitrogen functional groups attached to an aromatic ring is 1. The van der Waals surface area contributed by atoms with Gasteiger partial charge in [0, 0.05) is 0 Å². The molecule has 20 heavy (non-hydrogen) atoms. The van der Waals surface area contributed by atoms with Crippen LogP contribution in [-0.4, -0.2) is 4.98 Å². The molecule has 0 atom stereocenters. The molecule has 0 spiro atoms. The first-order valence-electron chi connectivity index (χ1n) is 6.30. The van der Waals surface area contributed by atoms with Gasteiger partial charge in [0.1, 0.15) is 12.4 Å². The maximum absolute atomic E-state index is 5.86. The number of anilines is 1. The Morgan fingerprint density at radius 2 is 1.75 bits per heavy atom. The van der Waals surface area contributed by atoms with E-state index in [4.69, 9.17) is 14.9 Å². The zero-order valence-electron chi connectivity index (χ0n) is 10.8. The van der Waals surface area contributed by atoms with Crippen LogP contribution in [0, 0.1) is 0 Å². The molecular formula is C16H14N2O2. The van der Waals surface area contributed by atoms with E-state index in [9.17, 15) is 0 Å². The molecule has 0 bridgehead atoms. The SMILES string of the molecule is Nc1ncc(-c2ccccc2OCc2ccccc2)o1. The first-order valence-corrected chi connectivity index (χ1v) is 6.30. The quantitative estimate of drug-likeness (QED) is 0.785. The lowest BCUT2D eigenvalue weighted by Gasteiger charge is -2.09. The highest BCUT2D eigenvalue weighted by molar-refractivity contribution is 5.65. The highest BCUT2D eigenvalue weighted by Gasteiger charge is 2.10. The topological polar surface area (TPSA) is 61.3 Å². The summed E-state index contributed by atoms with van der Waals surface area (Å²) < 4.78 is 11.2. The van der Waals surface area contributed by atoms with Gasteiger partial charge in [0.05, 0.1) is 11.8 Å². The molecule has 4 heteroatoms. The summed E-state index contributed by atoms with van der Waals surface area (Å²) in [6.45, 7) is 0.501. The highest BCUT2D eigenvalue weighted by Crippen LogP contribution is 2.31. The average molecular weight is 266 g/mol. The Morgan fingerprint density at radius 3 is 2.50 bits per heavy atom. The lowest BCUT2D eigenvalue weighted by atomic mass is 10.1. The second kappa shape index (κ2) is 5.48. The standard InChI is InChI=1S/C16H14N2O2/c17-16-18-10-15(20-16)13-8-4-5-9-14(13)19-11-12-6-2-1-3-7-12/h1-10H,11H2,(H2,17,18). The van der Waals surface area contributed by atoms with Crippen LogP contribution >= 0.6 is 0 Å². The zero-order valence-corrected chi connectivity index (χ0v) is 10.8. The molecule has 0 saturated carbocycles. The van der Waals surface area contributed by atoms with Gasteiger partial charge in [-0.3, -0.25) is 0 Å². The Balaban J connectivity index is 1.83. The molecule has 0 aliphatic carbocycles. The van der Waals surface area contributed by atoms with Gasteiger partial charge in [0.2, 0.25) is 0 Å². The van der Waals surface area contributed by atoms with Crippen molar-refractivity contribution >= 4 is 6.01 Å². The van der Waals surface area contributed by atoms with Crippen molar-refractivity contribution in [2.24, 2.45) is 0 Å². The largest absolute Gasteiger partial charge is 0.488 e. The Kier molecular flexibility index (Phi) is 3.37. The molecule has 3 rings (SSSR count). The number of aromatic nitrogens is 1. The Morgan fingerprint density at radius 1 is 1.00 bits per heavy atom. The third-order valence-electron chi connectivity index (χ3n) is 2.91. The summed E-state index contributed by atoms with van der Waals surface area (Å²) in [5.74, 6) is 1.35. The fourth-order valence-corrected chi connectivity index (χ4v) is 1.94. The monoisotopic (exact) mass is 266 g/mol. The number of ether oxygens (including phenoxy) is 1. The van der Waals surface area contributed by atoms with E-state index in [1.165, 1.54) is 0 Å². The van der Waals surface area contributed by atoms with Crippen molar-refractivity contribution in [3.05, 3.63) is 66.4 Å². The summed E-state index contributed by atoms with van der Waals surface area (Å²) in [6.07, 6.45) is 1.60. The second-order valence-electron chi connectivity index (χ2n) is 4.33. The first-order chi connectivity index (χ1) is 9.83. The van der Waals surface area contributed by atoms with E-state index in [-0.39, 0.29) is 6.01 Å². The molecule has 0 aliphatic heterocycles. The maximum atomic E-state index is 5.86. The molecule has 100 valence electrons. The van der Waals surface area contributed by atoms with Crippen LogP contribution in [0.4, 0.5) is 6.01 Å². The average Bonchev–Trinajstić information content (AvgIpc) is 2.93. The molecule has 0 aliphatic rings. The summed E-state index contributed by atoms with van der Waals surface area (Å²) >= 11 is 0. The van der Waals surface area contributed by atoms with E-state index in [0.717, 1.165) is 16.9 Å². The zero-order chi connectivity index (χ0) is 13.8. The molecule has 0 unspecified atom stereocenters. The van der Waals surface area contributed by atoms with Crippen LogP contribution in [0.5, 0.6) is 5.75 Å². The van der Waals surface area contributed by atoms with Crippen molar-refractivity contribution in [1.29, 1.82) is 0 Å². The van der Waals surface area contributed by atoms with Gasteiger partial charge in [-0.15, -0.1) is 0 Å². The Hall–Kier alpha value is -2.75. The molecule has 3 aromatic rings. The van der Waals surface area contributed by atoms with Gasteiger partial charge >= 0.3 is 0 Å². The smallest absolute Gasteiger partial charge is 0.292 e. The van der Waals surface area contributed by atoms with Gasteiger partial charge in [-0.1, -0.05) is 42.5 Å². The molecule has 0 amide bonds. The van der Waals surface area contributed by atoms with E-state index >= 15 is 0 Å². The minimum absolute atomic E-state index is 0.151. The molecule has 0 radical (unpaired) electrons. The summed E-state index contributed by atoms with van der Waals surface area (Å²) in [5, 5.41) is 0. The van der Waals surface area contributed by atoms with E-state index < -0.39 is 0 Å². The molecule has 4 nitrogen and oxygen atoms in total. The lowest BCUT2D eigenvalue weighted by Crippen LogP contribution is -1.96. The number of hydrogen-bond acceptors (Lipinski definition) is 4. The van der Waals surface area contributed by atoms with Gasteiger partial charge in [-0.05, 0) is 17.7 Å². The minimum Gasteiger partial charge on any atom is -0.488 e. The fraction of sp³-hybridized carbons (Fsp3) is 0.0625. The van der Waals surface area contributed by atoms with E-state index in [0.29, 0.717) is 12.4 Å². The molecule has 1 aromatic heterocycles. The van der Waals surface area contributed by atoms with E-state index in [1.54, 1.807) is 6.20 Å². The predicted octanol–water partition coefficient (Wildman–Crippen LogP) is 3.50. The third-order valence-corrected chi connectivity index (χ3v) is 2.91. The Labute approximate surface area is 116 Å². The molecule has 0 fully saturated rings. The molecule has 0 saturated heterocycles. The third kappa shape index (κ3) is 2.64. The predicted molar refractivity (Wildman–Crippen MR) is 77.1 cm³/mol. The summed E-state index contributed by atoms with van der Waals surface area (Å²) in [6, 6.07) is 17.8. The van der Waals surface area contributed by atoms with Crippen molar-refractivity contribution in [2.45, 2.75) is 6.61 Å². The fourth-order valence-electron chi connectivity index (χ4n) is 1.94. The summed E-state index contributed by atoms with van der Waals surface area (Å²) in [7, 11) is 0. The van der Waals surface area contributed by atoms with Gasteiger partial charge in [-0.2, -0.15) is 0 Å². The van der Waals surface area contributed by atoms with Crippen LogP contribution < -0.4 is 10.5 Å². The number of nitrogens with two attached hydrogens (primary N) is 1. The molecular weight excluding hydrogens is 252 g/mol. The van der Waals surface area contributed by atoms with E-state index in [1.807, 2.05) is 54.6 Å². The van der Waals surface area contributed by atoms with Crippen LogP contribution in [0.2, 0.25) is 0 Å². The van der Waals surface area contributed by atoms with Crippen LogP contribution in [-0.2, 0) is 6.61 Å². The van der Waals surface area contributed by atoms with Crippen LogP contribution in [0.25, 0.3) is 11.3 Å². The van der Waals surface area contributed by atoms with Gasteiger partial charge in [0.25, 0.3) is 6.01 Å². The van der Waals surface area contributed by atoms with Crippen molar-refractivity contribution in [1.82, 2.24) is 4.98 Å². The van der Waals surface area contributed by atoms with Crippen molar-refractivity contribution in [3.8, 4) is 17.1 Å². The number of hydrogen-bond donors (Lipinski definition) is 1. The van der Waals surface area contributed by atoms with E-state index in [2.05, 4.69) is 4.98 Å². The summed E-state index contributed by atoms with van der Waals surface area (Å²) in [5.41, 5.74) is 7.46. The first kappa shape index (κ1) is 12.3. The molecule has 1 heterocycles. The van der Waals surface area contributed by atoms with Gasteiger partial charge in [0.15, 0.2) is 5.76 Å². The van der Waals surface area contributed by atoms with Crippen LogP contribution in [0.1, 0.15) is 5.56 Å². The van der Waals surface area contributed by atoms with Crippen LogP contribution in [0.15, 0.2) is 65.2 Å². The van der Waals surface area contributed by atoms with Gasteiger partial charge < -0.3 is 14.9 Å². The summed E-state index contributed by atoms with van der Waals surface area (Å²) in [4.78, 5) is 3.91. The number of benzene rings is 2. The number of rotatable bonds is 4. The minimum atomic E-state index is 0.151. The maximum Gasteiger partial charge on any atom is 0.292 e. The van der Waals surface area contributed by atoms with Gasteiger partial charge in [-0.25, -0.2) is 4.98 Å². The molecule has 2 aromatic carbocycles. The van der Waals surface area contributed by atoms with Crippen molar-refractivity contribution < 1.29 is 9.15 Å². The van der Waals surface area contributed by atoms with Crippen molar-refractivity contribution in [2.75, 3.05) is 5.73 Å². The van der Waals surface area contributed by atoms with Crippen LogP contribution in [0.3, 0.4) is 0 Å². The van der Waals surface area contributed by atoms with Crippen molar-refractivity contribution in [3.63, 3.8) is 0 Å². The Bertz CT molecular complexity index is 692. The normalized spacial score (nSPS) is 10.4. The number of para-hydroxylation sites is 1. The second-order valence-corrected chi connectivity index (χ2v) is 4.33. The molecule has 2 N–H and O–H groups in total. The lowest BCUT2D eigenvalue weighted by molar-refractivity contribution is 0.307. The number of nitrogens with zero attached hydrogens (tertiary/aromatic N) is 1. The number of oxazole rings is 1.